The lowest BCUT2D eigenvalue weighted by atomic mass is 10.1. The summed E-state index contributed by atoms with van der Waals surface area (Å²) in [6.45, 7) is 21.2. The lowest BCUT2D eigenvalue weighted by Crippen LogP contribution is -3.00. The minimum Gasteiger partial charge on any atom is -1.00 e. The molecule has 0 aliphatic rings. The number of hydrogen-bond acceptors (Lipinski definition) is 4. The summed E-state index contributed by atoms with van der Waals surface area (Å²) in [6, 6.07) is 11.5. The van der Waals surface area contributed by atoms with Gasteiger partial charge in [0.1, 0.15) is 22.3 Å². The van der Waals surface area contributed by atoms with Gasteiger partial charge in [0.05, 0.1) is 0 Å². The van der Waals surface area contributed by atoms with E-state index in [0.29, 0.717) is 87.7 Å². The highest BCUT2D eigenvalue weighted by molar-refractivity contribution is 5.99. The molecule has 0 bridgehead atoms. The number of halogens is 2. The highest BCUT2D eigenvalue weighted by atomic mass is 79.9. The summed E-state index contributed by atoms with van der Waals surface area (Å²) in [6.07, 6.45) is 7.26. The average molecular weight is 819 g/mol. The first kappa shape index (κ1) is 44.4. The first-order valence-corrected chi connectivity index (χ1v) is 17.4. The van der Waals surface area contributed by atoms with E-state index in [1.807, 2.05) is 114 Å². The third-order valence-corrected chi connectivity index (χ3v) is 8.79. The Balaban J connectivity index is 0.00000625. The van der Waals surface area contributed by atoms with Gasteiger partial charge in [0.15, 0.2) is 37.9 Å². The first-order chi connectivity index (χ1) is 23.1. The van der Waals surface area contributed by atoms with Gasteiger partial charge in [0.25, 0.3) is 23.6 Å². The van der Waals surface area contributed by atoms with Crippen LogP contribution in [0.15, 0.2) is 61.2 Å². The summed E-state index contributed by atoms with van der Waals surface area (Å²) in [5.74, 6) is -0.404. The van der Waals surface area contributed by atoms with Gasteiger partial charge in [0, 0.05) is 63.5 Å². The third-order valence-electron chi connectivity index (χ3n) is 8.79. The van der Waals surface area contributed by atoms with Crippen LogP contribution in [0.4, 0.5) is 0 Å². The van der Waals surface area contributed by atoms with Crippen molar-refractivity contribution in [1.82, 2.24) is 19.6 Å². The summed E-state index contributed by atoms with van der Waals surface area (Å²) in [7, 11) is 0. The number of rotatable bonds is 16. The quantitative estimate of drug-likeness (QED) is 0.162. The second-order valence-corrected chi connectivity index (χ2v) is 11.7. The zero-order chi connectivity index (χ0) is 35.4. The van der Waals surface area contributed by atoms with Crippen molar-refractivity contribution < 1.29 is 62.3 Å². The first-order valence-electron chi connectivity index (χ1n) is 17.4. The molecule has 0 aliphatic heterocycles. The molecule has 0 atom stereocenters. The van der Waals surface area contributed by atoms with E-state index in [1.165, 1.54) is 0 Å². The Kier molecular flexibility index (Phi) is 19.1. The Labute approximate surface area is 319 Å². The Morgan fingerprint density at radius 3 is 0.800 bits per heavy atom. The van der Waals surface area contributed by atoms with Gasteiger partial charge in [-0.1, -0.05) is 24.3 Å². The minimum absolute atomic E-state index is 0. The van der Waals surface area contributed by atoms with Gasteiger partial charge < -0.3 is 53.6 Å². The topological polar surface area (TPSA) is 89.0 Å². The monoisotopic (exact) mass is 816 g/mol. The summed E-state index contributed by atoms with van der Waals surface area (Å²) in [5.41, 5.74) is 3.95. The predicted molar refractivity (Wildman–Crippen MR) is 187 cm³/mol. The molecule has 3 rings (SSSR count). The van der Waals surface area contributed by atoms with Crippen molar-refractivity contribution in [3.63, 3.8) is 0 Å². The van der Waals surface area contributed by atoms with E-state index in [2.05, 4.69) is 0 Å². The zero-order valence-electron chi connectivity index (χ0n) is 30.9. The van der Waals surface area contributed by atoms with Crippen LogP contribution in [0.5, 0.6) is 0 Å². The van der Waals surface area contributed by atoms with Crippen LogP contribution in [0.3, 0.4) is 0 Å². The van der Waals surface area contributed by atoms with Crippen molar-refractivity contribution in [3.05, 3.63) is 94.6 Å². The Hall–Kier alpha value is -3.64. The van der Waals surface area contributed by atoms with Crippen molar-refractivity contribution in [1.29, 1.82) is 0 Å². The van der Waals surface area contributed by atoms with E-state index in [4.69, 9.17) is 0 Å². The van der Waals surface area contributed by atoms with Crippen molar-refractivity contribution in [2.24, 2.45) is 0 Å². The van der Waals surface area contributed by atoms with Crippen LogP contribution in [0, 0.1) is 0 Å². The van der Waals surface area contributed by atoms with E-state index in [9.17, 15) is 19.2 Å². The van der Waals surface area contributed by atoms with E-state index in [-0.39, 0.29) is 57.6 Å². The van der Waals surface area contributed by atoms with Gasteiger partial charge in [-0.2, -0.15) is 9.13 Å². The van der Waals surface area contributed by atoms with Crippen LogP contribution in [-0.4, -0.2) is 95.6 Å². The fourth-order valence-corrected chi connectivity index (χ4v) is 5.87. The highest BCUT2D eigenvalue weighted by Gasteiger charge is 2.25. The molecule has 12 heteroatoms. The molecule has 4 amide bonds. The normalized spacial score (nSPS) is 10.4. The van der Waals surface area contributed by atoms with Crippen LogP contribution in [-0.2, 0) is 13.1 Å². The number of hydrogen-bond donors (Lipinski definition) is 0. The molecule has 0 saturated heterocycles. The van der Waals surface area contributed by atoms with Gasteiger partial charge >= 0.3 is 0 Å². The average Bonchev–Trinajstić information content (AvgIpc) is 3.10. The molecule has 0 unspecified atom stereocenters. The number of amides is 4. The lowest BCUT2D eigenvalue weighted by molar-refractivity contribution is -0.689. The van der Waals surface area contributed by atoms with Gasteiger partial charge in [-0.25, -0.2) is 0 Å². The molecular formula is C38H54Br2N6O4. The molecule has 0 radical (unpaired) electrons. The molecule has 0 N–H and O–H groups in total. The fraction of sp³-hybridized carbons (Fsp3) is 0.474. The largest absolute Gasteiger partial charge is 1.00 e. The smallest absolute Gasteiger partial charge is 0.259 e. The van der Waals surface area contributed by atoms with E-state index in [0.717, 1.165) is 11.1 Å². The molecule has 50 heavy (non-hydrogen) atoms. The second kappa shape index (κ2) is 21.5. The van der Waals surface area contributed by atoms with Crippen molar-refractivity contribution in [2.75, 3.05) is 52.4 Å². The molecule has 1 aromatic carbocycles. The van der Waals surface area contributed by atoms with E-state index >= 15 is 0 Å². The van der Waals surface area contributed by atoms with Crippen molar-refractivity contribution >= 4 is 23.6 Å². The van der Waals surface area contributed by atoms with Crippen LogP contribution in [0.1, 0.15) is 108 Å². The van der Waals surface area contributed by atoms with Gasteiger partial charge in [0.2, 0.25) is 0 Å². The number of pyridine rings is 2. The van der Waals surface area contributed by atoms with Crippen molar-refractivity contribution in [2.45, 2.75) is 68.5 Å². The van der Waals surface area contributed by atoms with E-state index in [1.54, 1.807) is 31.7 Å². The molecule has 0 spiro atoms. The summed E-state index contributed by atoms with van der Waals surface area (Å²) < 4.78 is 3.81. The SMILES string of the molecule is CCN(CC)C(=O)c1cc(C(=O)N(CC)CC)c[n+](Cc2ccc(C[n+]3cc(C(=O)N(CC)CC)cc(C(=O)N(CC)CC)c3)cc2)c1.[Br-].[Br-]. The van der Waals surface area contributed by atoms with Gasteiger partial charge in [-0.3, -0.25) is 19.2 Å². The predicted octanol–water partition coefficient (Wildman–Crippen LogP) is -1.71. The van der Waals surface area contributed by atoms with Gasteiger partial charge in [-0.15, -0.1) is 0 Å². The molecular weight excluding hydrogens is 764 g/mol. The maximum absolute atomic E-state index is 13.3. The standard InChI is InChI=1S/C38H54N6O4.2BrH/c1-9-41(10-2)35(45)31-21-32(36(46)42(11-3)12-4)26-39(25-31)23-29-17-19-30(20-18-29)24-40-27-33(37(47)43(13-5)14-6)22-34(28-40)38(48)44(15-7)16-8;;/h17-22,25-28H,9-16,23-24H2,1-8H3;2*1H/q+2;;/p-2. The van der Waals surface area contributed by atoms with Crippen LogP contribution < -0.4 is 43.1 Å². The maximum Gasteiger partial charge on any atom is 0.259 e. The van der Waals surface area contributed by atoms with Gasteiger partial charge in [-0.05, 0) is 67.5 Å². The molecule has 0 fully saturated rings. The number of carbonyl (C=O) groups excluding carboxylic acids is 4. The number of benzene rings is 1. The fourth-order valence-electron chi connectivity index (χ4n) is 5.87. The van der Waals surface area contributed by atoms with Crippen LogP contribution in [0.25, 0.3) is 0 Å². The minimum atomic E-state index is -0.101. The molecule has 2 heterocycles. The highest BCUT2D eigenvalue weighted by Crippen LogP contribution is 2.13. The Bertz CT molecular complexity index is 1370. The third kappa shape index (κ3) is 11.2. The molecule has 2 aromatic heterocycles. The molecule has 10 nitrogen and oxygen atoms in total. The van der Waals surface area contributed by atoms with Crippen LogP contribution >= 0.6 is 0 Å². The summed E-state index contributed by atoms with van der Waals surface area (Å²) in [5, 5.41) is 0. The second-order valence-electron chi connectivity index (χ2n) is 11.7. The van der Waals surface area contributed by atoms with Crippen LogP contribution in [0.2, 0.25) is 0 Å². The Morgan fingerprint density at radius 1 is 0.420 bits per heavy atom. The number of aromatic nitrogens is 2. The summed E-state index contributed by atoms with van der Waals surface area (Å²) >= 11 is 0. The number of carbonyl (C=O) groups is 4. The zero-order valence-corrected chi connectivity index (χ0v) is 34.1. The lowest BCUT2D eigenvalue weighted by Gasteiger charge is -2.20. The summed E-state index contributed by atoms with van der Waals surface area (Å²) in [4.78, 5) is 60.3. The maximum atomic E-state index is 13.3. The van der Waals surface area contributed by atoms with Crippen molar-refractivity contribution in [3.8, 4) is 0 Å². The molecule has 0 aliphatic carbocycles. The van der Waals surface area contributed by atoms with E-state index < -0.39 is 0 Å². The number of nitrogens with zero attached hydrogens (tertiary/aromatic N) is 6. The molecule has 0 saturated carbocycles. The Morgan fingerprint density at radius 2 is 0.620 bits per heavy atom. The molecule has 3 aromatic rings. The molecule has 274 valence electrons.